The van der Waals surface area contributed by atoms with E-state index in [1.165, 1.54) is 6.08 Å². The Balaban J connectivity index is 3.11. The molecule has 0 aromatic heterocycles. The highest BCUT2D eigenvalue weighted by Crippen LogP contribution is 2.31. The van der Waals surface area contributed by atoms with Gasteiger partial charge in [-0.15, -0.1) is 0 Å². The molecule has 0 heterocycles. The molecular formula is C13H14F4. The summed E-state index contributed by atoms with van der Waals surface area (Å²) >= 11 is 0. The summed E-state index contributed by atoms with van der Waals surface area (Å²) in [6.07, 6.45) is -1.29. The molecule has 0 spiro atoms. The summed E-state index contributed by atoms with van der Waals surface area (Å²) in [6, 6.07) is 2.51. The average molecular weight is 246 g/mol. The second-order valence-corrected chi connectivity index (χ2v) is 4.97. The van der Waals surface area contributed by atoms with Crippen LogP contribution in [0, 0.1) is 11.2 Å². The molecular weight excluding hydrogens is 232 g/mol. The maximum Gasteiger partial charge on any atom is 0.416 e. The second-order valence-electron chi connectivity index (χ2n) is 4.97. The van der Waals surface area contributed by atoms with Crippen LogP contribution in [-0.4, -0.2) is 0 Å². The lowest BCUT2D eigenvalue weighted by atomic mass is 9.95. The van der Waals surface area contributed by atoms with E-state index >= 15 is 0 Å². The number of hydrogen-bond donors (Lipinski definition) is 0. The summed E-state index contributed by atoms with van der Waals surface area (Å²) < 4.78 is 50.3. The Morgan fingerprint density at radius 2 is 1.59 bits per heavy atom. The SMILES string of the molecule is CC(C)(C)/C=C/c1cc(F)cc(C(F)(F)F)c1. The van der Waals surface area contributed by atoms with Crippen LogP contribution in [0.2, 0.25) is 0 Å². The largest absolute Gasteiger partial charge is 0.416 e. The van der Waals surface area contributed by atoms with Crippen LogP contribution in [0.1, 0.15) is 31.9 Å². The van der Waals surface area contributed by atoms with Crippen molar-refractivity contribution >= 4 is 6.08 Å². The summed E-state index contributed by atoms with van der Waals surface area (Å²) in [5, 5.41) is 0. The molecule has 17 heavy (non-hydrogen) atoms. The Kier molecular flexibility index (Phi) is 3.65. The van der Waals surface area contributed by atoms with E-state index in [4.69, 9.17) is 0 Å². The van der Waals surface area contributed by atoms with E-state index in [1.54, 1.807) is 6.08 Å². The van der Waals surface area contributed by atoms with Crippen molar-refractivity contribution in [2.75, 3.05) is 0 Å². The molecule has 0 saturated carbocycles. The van der Waals surface area contributed by atoms with Gasteiger partial charge in [0.05, 0.1) is 5.56 Å². The zero-order valence-corrected chi connectivity index (χ0v) is 9.90. The molecule has 1 rings (SSSR count). The smallest absolute Gasteiger partial charge is 0.207 e. The second kappa shape index (κ2) is 4.51. The lowest BCUT2D eigenvalue weighted by molar-refractivity contribution is -0.137. The van der Waals surface area contributed by atoms with Crippen molar-refractivity contribution in [1.82, 2.24) is 0 Å². The maximum absolute atomic E-state index is 13.0. The lowest BCUT2D eigenvalue weighted by Gasteiger charge is -2.12. The molecule has 0 aliphatic heterocycles. The van der Waals surface area contributed by atoms with Crippen LogP contribution in [0.4, 0.5) is 17.6 Å². The molecule has 0 amide bonds. The molecule has 94 valence electrons. The van der Waals surface area contributed by atoms with Crippen LogP contribution >= 0.6 is 0 Å². The topological polar surface area (TPSA) is 0 Å². The third-order valence-electron chi connectivity index (χ3n) is 2.02. The summed E-state index contributed by atoms with van der Waals surface area (Å²) in [5.41, 5.74) is -0.914. The van der Waals surface area contributed by atoms with Gasteiger partial charge in [-0.3, -0.25) is 0 Å². The Bertz CT molecular complexity index is 422. The van der Waals surface area contributed by atoms with Gasteiger partial charge in [-0.2, -0.15) is 13.2 Å². The van der Waals surface area contributed by atoms with Crippen molar-refractivity contribution in [2.24, 2.45) is 5.41 Å². The molecule has 0 radical (unpaired) electrons. The van der Waals surface area contributed by atoms with Gasteiger partial charge in [0.25, 0.3) is 0 Å². The van der Waals surface area contributed by atoms with E-state index in [1.807, 2.05) is 20.8 Å². The highest BCUT2D eigenvalue weighted by Gasteiger charge is 2.31. The van der Waals surface area contributed by atoms with Gasteiger partial charge in [0, 0.05) is 0 Å². The summed E-state index contributed by atoms with van der Waals surface area (Å²) in [6.45, 7) is 5.73. The first-order valence-corrected chi connectivity index (χ1v) is 5.15. The third-order valence-corrected chi connectivity index (χ3v) is 2.02. The summed E-state index contributed by atoms with van der Waals surface area (Å²) in [4.78, 5) is 0. The van der Waals surface area contributed by atoms with E-state index in [0.717, 1.165) is 12.1 Å². The fourth-order valence-electron chi connectivity index (χ4n) is 1.22. The molecule has 0 aliphatic rings. The van der Waals surface area contributed by atoms with Gasteiger partial charge in [-0.05, 0) is 29.2 Å². The average Bonchev–Trinajstić information content (AvgIpc) is 2.11. The summed E-state index contributed by atoms with van der Waals surface area (Å²) in [5.74, 6) is -0.881. The highest BCUT2D eigenvalue weighted by atomic mass is 19.4. The van der Waals surface area contributed by atoms with Gasteiger partial charge >= 0.3 is 6.18 Å². The van der Waals surface area contributed by atoms with Crippen molar-refractivity contribution in [3.8, 4) is 0 Å². The molecule has 0 N–H and O–H groups in total. The van der Waals surface area contributed by atoms with Crippen LogP contribution in [0.15, 0.2) is 24.3 Å². The molecule has 1 aromatic rings. The van der Waals surface area contributed by atoms with Crippen LogP contribution in [-0.2, 0) is 6.18 Å². The van der Waals surface area contributed by atoms with Crippen LogP contribution in [0.5, 0.6) is 0 Å². The Morgan fingerprint density at radius 1 is 1.00 bits per heavy atom. The van der Waals surface area contributed by atoms with Crippen LogP contribution in [0.3, 0.4) is 0 Å². The minimum absolute atomic E-state index is 0.162. The fourth-order valence-corrected chi connectivity index (χ4v) is 1.22. The number of rotatable bonds is 1. The Hall–Kier alpha value is -1.32. The minimum Gasteiger partial charge on any atom is -0.207 e. The Morgan fingerprint density at radius 3 is 2.06 bits per heavy atom. The van der Waals surface area contributed by atoms with E-state index < -0.39 is 17.6 Å². The molecule has 0 bridgehead atoms. The lowest BCUT2D eigenvalue weighted by Crippen LogP contribution is -2.05. The fraction of sp³-hybridized carbons (Fsp3) is 0.385. The van der Waals surface area contributed by atoms with Gasteiger partial charge < -0.3 is 0 Å². The van der Waals surface area contributed by atoms with E-state index in [9.17, 15) is 17.6 Å². The predicted molar refractivity (Wildman–Crippen MR) is 59.9 cm³/mol. The zero-order valence-electron chi connectivity index (χ0n) is 9.90. The van der Waals surface area contributed by atoms with Gasteiger partial charge in [-0.25, -0.2) is 4.39 Å². The highest BCUT2D eigenvalue weighted by molar-refractivity contribution is 5.51. The Labute approximate surface area is 98.0 Å². The van der Waals surface area contributed by atoms with Crippen molar-refractivity contribution in [2.45, 2.75) is 26.9 Å². The minimum atomic E-state index is -4.52. The van der Waals surface area contributed by atoms with Crippen molar-refractivity contribution in [1.29, 1.82) is 0 Å². The normalized spacial score (nSPS) is 13.4. The van der Waals surface area contributed by atoms with Gasteiger partial charge in [0.15, 0.2) is 0 Å². The van der Waals surface area contributed by atoms with E-state index in [2.05, 4.69) is 0 Å². The molecule has 0 nitrogen and oxygen atoms in total. The quantitative estimate of drug-likeness (QED) is 0.618. The number of benzene rings is 1. The van der Waals surface area contributed by atoms with Crippen LogP contribution in [0.25, 0.3) is 6.08 Å². The molecule has 0 atom stereocenters. The molecule has 0 aliphatic carbocycles. The van der Waals surface area contributed by atoms with Crippen LogP contribution < -0.4 is 0 Å². The third kappa shape index (κ3) is 4.59. The van der Waals surface area contributed by atoms with Crippen molar-refractivity contribution < 1.29 is 17.6 Å². The standard InChI is InChI=1S/C13H14F4/c1-12(2,3)5-4-9-6-10(13(15,16)17)8-11(14)7-9/h4-8H,1-3H3/b5-4+. The first-order chi connectivity index (χ1) is 7.58. The molecule has 1 aromatic carbocycles. The van der Waals surface area contributed by atoms with Gasteiger partial charge in [0.2, 0.25) is 0 Å². The maximum atomic E-state index is 13.0. The predicted octanol–water partition coefficient (Wildman–Crippen LogP) is 4.90. The first-order valence-electron chi connectivity index (χ1n) is 5.15. The zero-order chi connectivity index (χ0) is 13.3. The van der Waals surface area contributed by atoms with Gasteiger partial charge in [0.1, 0.15) is 5.82 Å². The summed E-state index contributed by atoms with van der Waals surface area (Å²) in [7, 11) is 0. The number of halogens is 4. The number of hydrogen-bond acceptors (Lipinski definition) is 0. The van der Waals surface area contributed by atoms with E-state index in [0.29, 0.717) is 6.07 Å². The molecule has 0 fully saturated rings. The first kappa shape index (κ1) is 13.7. The number of allylic oxidation sites excluding steroid dienone is 1. The van der Waals surface area contributed by atoms with E-state index in [-0.39, 0.29) is 11.0 Å². The van der Waals surface area contributed by atoms with Gasteiger partial charge in [-0.1, -0.05) is 32.9 Å². The monoisotopic (exact) mass is 246 g/mol. The number of alkyl halides is 3. The van der Waals surface area contributed by atoms with Crippen molar-refractivity contribution in [3.05, 3.63) is 41.2 Å². The van der Waals surface area contributed by atoms with Crippen molar-refractivity contribution in [3.63, 3.8) is 0 Å². The molecule has 4 heteroatoms. The molecule has 0 unspecified atom stereocenters. The molecule has 0 saturated heterocycles.